The largest absolute Gasteiger partial charge is 0.461 e. The Bertz CT molecular complexity index is 781. The Morgan fingerprint density at radius 1 is 1.14 bits per heavy atom. The smallest absolute Gasteiger partial charge is 0.277 e. The Hall–Kier alpha value is -2.24. The van der Waals surface area contributed by atoms with Gasteiger partial charge in [0.25, 0.3) is 5.91 Å². The van der Waals surface area contributed by atoms with Crippen LogP contribution in [0.2, 0.25) is 10.0 Å². The van der Waals surface area contributed by atoms with Crippen molar-refractivity contribution in [3.8, 4) is 11.5 Å². The Morgan fingerprint density at radius 2 is 2.00 bits per heavy atom. The summed E-state index contributed by atoms with van der Waals surface area (Å²) in [5.41, 5.74) is 0.557. The molecule has 0 spiro atoms. The zero-order chi connectivity index (χ0) is 14.8. The summed E-state index contributed by atoms with van der Waals surface area (Å²) in [7, 11) is 0. The first kappa shape index (κ1) is 13.7. The van der Waals surface area contributed by atoms with Crippen LogP contribution in [0.1, 0.15) is 10.5 Å². The van der Waals surface area contributed by atoms with Crippen LogP contribution in [-0.4, -0.2) is 11.1 Å². The first-order chi connectivity index (χ1) is 10.1. The highest BCUT2D eigenvalue weighted by atomic mass is 35.5. The molecular weight excluding hydrogens is 315 g/mol. The molecule has 0 saturated heterocycles. The van der Waals surface area contributed by atoms with E-state index in [2.05, 4.69) is 10.5 Å². The second kappa shape index (κ2) is 5.63. The molecule has 0 aliphatic heterocycles. The SMILES string of the molecule is O=C(Nc1ccc(Cl)cc1Cl)c1cc(-c2ccco2)on1. The van der Waals surface area contributed by atoms with Gasteiger partial charge in [-0.1, -0.05) is 28.4 Å². The Balaban J connectivity index is 1.79. The summed E-state index contributed by atoms with van der Waals surface area (Å²) in [6.45, 7) is 0. The minimum absolute atomic E-state index is 0.118. The maximum Gasteiger partial charge on any atom is 0.277 e. The van der Waals surface area contributed by atoms with Gasteiger partial charge in [0.2, 0.25) is 5.76 Å². The highest BCUT2D eigenvalue weighted by molar-refractivity contribution is 6.36. The number of carbonyl (C=O) groups excluding carboxylic acids is 1. The van der Waals surface area contributed by atoms with Crippen molar-refractivity contribution in [2.75, 3.05) is 5.32 Å². The molecule has 1 amide bonds. The second-order valence-corrected chi connectivity index (χ2v) is 4.98. The van der Waals surface area contributed by atoms with Gasteiger partial charge in [0, 0.05) is 11.1 Å². The van der Waals surface area contributed by atoms with Gasteiger partial charge in [0.15, 0.2) is 11.5 Å². The number of furan rings is 1. The number of hydrogen-bond acceptors (Lipinski definition) is 4. The standard InChI is InChI=1S/C14H8Cl2N2O3/c15-8-3-4-10(9(16)6-8)17-14(19)11-7-13(21-18-11)12-2-1-5-20-12/h1-7H,(H,17,19). The molecule has 2 heterocycles. The number of carbonyl (C=O) groups is 1. The lowest BCUT2D eigenvalue weighted by Crippen LogP contribution is -2.12. The molecule has 1 N–H and O–H groups in total. The number of amides is 1. The van der Waals surface area contributed by atoms with Crippen LogP contribution in [0, 0.1) is 0 Å². The predicted octanol–water partition coefficient (Wildman–Crippen LogP) is 4.49. The number of hydrogen-bond donors (Lipinski definition) is 1. The summed E-state index contributed by atoms with van der Waals surface area (Å²) in [4.78, 5) is 12.1. The fourth-order valence-corrected chi connectivity index (χ4v) is 2.15. The maximum absolute atomic E-state index is 12.1. The summed E-state index contributed by atoms with van der Waals surface area (Å²) in [6, 6.07) is 9.67. The molecule has 0 saturated carbocycles. The normalized spacial score (nSPS) is 10.6. The molecule has 0 atom stereocenters. The molecule has 3 aromatic rings. The average Bonchev–Trinajstić information content (AvgIpc) is 3.10. The van der Waals surface area contributed by atoms with Crippen LogP contribution < -0.4 is 5.32 Å². The van der Waals surface area contributed by atoms with E-state index in [1.54, 1.807) is 24.3 Å². The van der Waals surface area contributed by atoms with Crippen LogP contribution in [0.15, 0.2) is 51.6 Å². The summed E-state index contributed by atoms with van der Waals surface area (Å²) in [5, 5.41) is 7.15. The van der Waals surface area contributed by atoms with Gasteiger partial charge in [-0.15, -0.1) is 0 Å². The van der Waals surface area contributed by atoms with Crippen molar-refractivity contribution in [2.24, 2.45) is 0 Å². The number of nitrogens with zero attached hydrogens (tertiary/aromatic N) is 1. The maximum atomic E-state index is 12.1. The summed E-state index contributed by atoms with van der Waals surface area (Å²) < 4.78 is 10.2. The van der Waals surface area contributed by atoms with E-state index in [0.717, 1.165) is 0 Å². The zero-order valence-electron chi connectivity index (χ0n) is 10.5. The van der Waals surface area contributed by atoms with Gasteiger partial charge < -0.3 is 14.3 Å². The first-order valence-electron chi connectivity index (χ1n) is 5.90. The highest BCUT2D eigenvalue weighted by Gasteiger charge is 2.16. The van der Waals surface area contributed by atoms with Crippen LogP contribution >= 0.6 is 23.2 Å². The minimum Gasteiger partial charge on any atom is -0.461 e. The zero-order valence-corrected chi connectivity index (χ0v) is 12.0. The van der Waals surface area contributed by atoms with E-state index in [-0.39, 0.29) is 5.69 Å². The summed E-state index contributed by atoms with van der Waals surface area (Å²) >= 11 is 11.8. The van der Waals surface area contributed by atoms with E-state index in [9.17, 15) is 4.79 Å². The fraction of sp³-hybridized carbons (Fsp3) is 0. The lowest BCUT2D eigenvalue weighted by Gasteiger charge is -2.05. The van der Waals surface area contributed by atoms with Crippen molar-refractivity contribution in [3.63, 3.8) is 0 Å². The van der Waals surface area contributed by atoms with Gasteiger partial charge >= 0.3 is 0 Å². The molecule has 5 nitrogen and oxygen atoms in total. The predicted molar refractivity (Wildman–Crippen MR) is 78.6 cm³/mol. The number of halogens is 2. The highest BCUT2D eigenvalue weighted by Crippen LogP contribution is 2.26. The van der Waals surface area contributed by atoms with Crippen LogP contribution in [0.5, 0.6) is 0 Å². The minimum atomic E-state index is -0.444. The van der Waals surface area contributed by atoms with E-state index in [4.69, 9.17) is 32.1 Å². The Morgan fingerprint density at radius 3 is 2.71 bits per heavy atom. The molecule has 2 aromatic heterocycles. The lowest BCUT2D eigenvalue weighted by atomic mass is 10.2. The van der Waals surface area contributed by atoms with Crippen molar-refractivity contribution in [1.29, 1.82) is 0 Å². The van der Waals surface area contributed by atoms with Crippen LogP contribution in [0.4, 0.5) is 5.69 Å². The van der Waals surface area contributed by atoms with Crippen molar-refractivity contribution < 1.29 is 13.7 Å². The molecule has 106 valence electrons. The van der Waals surface area contributed by atoms with Crippen molar-refractivity contribution in [1.82, 2.24) is 5.16 Å². The number of anilines is 1. The van der Waals surface area contributed by atoms with E-state index in [0.29, 0.717) is 27.3 Å². The van der Waals surface area contributed by atoms with Gasteiger partial charge in [0.05, 0.1) is 17.0 Å². The molecule has 0 radical (unpaired) electrons. The molecule has 0 aliphatic carbocycles. The van der Waals surface area contributed by atoms with Gasteiger partial charge in [-0.05, 0) is 30.3 Å². The van der Waals surface area contributed by atoms with Crippen LogP contribution in [-0.2, 0) is 0 Å². The summed E-state index contributed by atoms with van der Waals surface area (Å²) in [6.07, 6.45) is 1.51. The second-order valence-electron chi connectivity index (χ2n) is 4.13. The van der Waals surface area contributed by atoms with Crippen molar-refractivity contribution in [2.45, 2.75) is 0 Å². The van der Waals surface area contributed by atoms with E-state index < -0.39 is 5.91 Å². The fourth-order valence-electron chi connectivity index (χ4n) is 1.69. The van der Waals surface area contributed by atoms with Gasteiger partial charge in [-0.2, -0.15) is 0 Å². The lowest BCUT2D eigenvalue weighted by molar-refractivity contribution is 0.101. The molecule has 1 aromatic carbocycles. The third-order valence-corrected chi connectivity index (χ3v) is 3.23. The topological polar surface area (TPSA) is 68.3 Å². The van der Waals surface area contributed by atoms with Crippen LogP contribution in [0.25, 0.3) is 11.5 Å². The third-order valence-electron chi connectivity index (χ3n) is 2.69. The Labute approximate surface area is 129 Å². The van der Waals surface area contributed by atoms with Crippen LogP contribution in [0.3, 0.4) is 0 Å². The number of benzene rings is 1. The molecule has 0 bridgehead atoms. The molecule has 7 heteroatoms. The van der Waals surface area contributed by atoms with Crippen molar-refractivity contribution >= 4 is 34.8 Å². The number of rotatable bonds is 3. The molecule has 0 aliphatic rings. The third kappa shape index (κ3) is 2.94. The average molecular weight is 323 g/mol. The van der Waals surface area contributed by atoms with E-state index in [1.807, 2.05) is 0 Å². The number of nitrogens with one attached hydrogen (secondary N) is 1. The molecule has 0 fully saturated rings. The number of aromatic nitrogens is 1. The van der Waals surface area contributed by atoms with E-state index >= 15 is 0 Å². The quantitative estimate of drug-likeness (QED) is 0.771. The monoisotopic (exact) mass is 322 g/mol. The molecule has 21 heavy (non-hydrogen) atoms. The van der Waals surface area contributed by atoms with Gasteiger partial charge in [-0.3, -0.25) is 4.79 Å². The molecule has 0 unspecified atom stereocenters. The molecule has 3 rings (SSSR count). The van der Waals surface area contributed by atoms with Gasteiger partial charge in [-0.25, -0.2) is 0 Å². The van der Waals surface area contributed by atoms with E-state index in [1.165, 1.54) is 18.4 Å². The first-order valence-corrected chi connectivity index (χ1v) is 6.66. The summed E-state index contributed by atoms with van der Waals surface area (Å²) in [5.74, 6) is 0.416. The van der Waals surface area contributed by atoms with Gasteiger partial charge in [0.1, 0.15) is 0 Å². The Kier molecular flexibility index (Phi) is 3.68. The molecular formula is C14H8Cl2N2O3. The van der Waals surface area contributed by atoms with Crippen molar-refractivity contribution in [3.05, 3.63) is 58.4 Å².